The van der Waals surface area contributed by atoms with E-state index in [2.05, 4.69) is 74.5 Å². The zero-order valence-electron chi connectivity index (χ0n) is 10.7. The van der Waals surface area contributed by atoms with E-state index in [0.29, 0.717) is 0 Å². The molecule has 0 fully saturated rings. The topological polar surface area (TPSA) is 0 Å². The molecule has 0 spiro atoms. The summed E-state index contributed by atoms with van der Waals surface area (Å²) in [5.41, 5.74) is 3.54. The van der Waals surface area contributed by atoms with Gasteiger partial charge in [0.1, 0.15) is 0 Å². The van der Waals surface area contributed by atoms with Gasteiger partial charge in [0.2, 0.25) is 0 Å². The molecule has 0 nitrogen and oxygen atoms in total. The lowest BCUT2D eigenvalue weighted by Gasteiger charge is -2.13. The van der Waals surface area contributed by atoms with Gasteiger partial charge in [0.25, 0.3) is 0 Å². The third kappa shape index (κ3) is 2.57. The molecule has 1 aromatic heterocycles. The summed E-state index contributed by atoms with van der Waals surface area (Å²) in [6.45, 7) is 2.10. The Kier molecular flexibility index (Phi) is 4.23. The first-order valence-corrected chi connectivity index (χ1v) is 9.04. The van der Waals surface area contributed by atoms with Gasteiger partial charge in [-0.25, -0.2) is 0 Å². The van der Waals surface area contributed by atoms with Crippen LogP contribution in [0, 0.1) is 6.92 Å². The highest BCUT2D eigenvalue weighted by molar-refractivity contribution is 9.11. The summed E-state index contributed by atoms with van der Waals surface area (Å²) >= 11 is 15.6. The van der Waals surface area contributed by atoms with Crippen molar-refractivity contribution in [2.75, 3.05) is 0 Å². The van der Waals surface area contributed by atoms with Crippen LogP contribution in [-0.2, 0) is 0 Å². The molecule has 1 atom stereocenters. The summed E-state index contributed by atoms with van der Waals surface area (Å²) < 4.78 is 3.44. The molecule has 4 heteroatoms. The van der Waals surface area contributed by atoms with Crippen LogP contribution in [0.3, 0.4) is 0 Å². The van der Waals surface area contributed by atoms with Gasteiger partial charge in [-0.2, -0.15) is 0 Å². The van der Waals surface area contributed by atoms with E-state index in [4.69, 9.17) is 11.6 Å². The van der Waals surface area contributed by atoms with Crippen molar-refractivity contribution in [1.29, 1.82) is 0 Å². The highest BCUT2D eigenvalue weighted by Crippen LogP contribution is 2.41. The van der Waals surface area contributed by atoms with Gasteiger partial charge >= 0.3 is 0 Å². The molecule has 20 heavy (non-hydrogen) atoms. The van der Waals surface area contributed by atoms with Crippen molar-refractivity contribution in [2.45, 2.75) is 12.3 Å². The third-order valence-corrected chi connectivity index (χ3v) is 6.30. The van der Waals surface area contributed by atoms with Gasteiger partial charge in [-0.1, -0.05) is 34.1 Å². The molecule has 102 valence electrons. The average Bonchev–Trinajstić information content (AvgIpc) is 2.86. The minimum atomic E-state index is -0.129. The first-order valence-electron chi connectivity index (χ1n) is 6.13. The van der Waals surface area contributed by atoms with Crippen LogP contribution >= 0.6 is 54.8 Å². The Morgan fingerprint density at radius 1 is 1.10 bits per heavy atom. The van der Waals surface area contributed by atoms with Crippen molar-refractivity contribution in [2.24, 2.45) is 0 Å². The lowest BCUT2D eigenvalue weighted by atomic mass is 10.00. The van der Waals surface area contributed by atoms with Crippen LogP contribution in [0.15, 0.2) is 50.7 Å². The lowest BCUT2D eigenvalue weighted by molar-refractivity contribution is 1.13. The number of benzene rings is 2. The van der Waals surface area contributed by atoms with Gasteiger partial charge in [0.15, 0.2) is 0 Å². The van der Waals surface area contributed by atoms with Crippen molar-refractivity contribution < 1.29 is 0 Å². The van der Waals surface area contributed by atoms with Crippen molar-refractivity contribution in [3.05, 3.63) is 67.4 Å². The summed E-state index contributed by atoms with van der Waals surface area (Å²) in [5.74, 6) is 0. The lowest BCUT2D eigenvalue weighted by Crippen LogP contribution is -1.95. The fourth-order valence-corrected chi connectivity index (χ4v) is 4.81. The number of aryl methyl sites for hydroxylation is 1. The zero-order valence-corrected chi connectivity index (χ0v) is 15.4. The van der Waals surface area contributed by atoms with Crippen LogP contribution in [-0.4, -0.2) is 0 Å². The molecule has 0 saturated carbocycles. The number of hydrogen-bond acceptors (Lipinski definition) is 1. The fraction of sp³-hybridized carbons (Fsp3) is 0.125. The predicted octanol–water partition coefficient (Wildman–Crippen LogP) is 7.06. The highest BCUT2D eigenvalue weighted by atomic mass is 79.9. The van der Waals surface area contributed by atoms with E-state index in [-0.39, 0.29) is 5.38 Å². The largest absolute Gasteiger partial charge is 0.142 e. The standard InChI is InChI=1S/C16H11Br2ClS/c1-9-5-6-10(17)7-12(9)15(19)13-8-20-16-11(13)3-2-4-14(16)18/h2-8,15H,1H3. The normalized spacial score (nSPS) is 12.8. The molecule has 0 saturated heterocycles. The summed E-state index contributed by atoms with van der Waals surface area (Å²) in [6.07, 6.45) is 0. The molecule has 0 amide bonds. The number of alkyl halides is 1. The van der Waals surface area contributed by atoms with Crippen LogP contribution in [0.2, 0.25) is 0 Å². The van der Waals surface area contributed by atoms with Gasteiger partial charge in [0, 0.05) is 13.6 Å². The van der Waals surface area contributed by atoms with Crippen molar-refractivity contribution in [3.8, 4) is 0 Å². The van der Waals surface area contributed by atoms with Crippen molar-refractivity contribution in [1.82, 2.24) is 0 Å². The number of hydrogen-bond donors (Lipinski definition) is 0. The first kappa shape index (κ1) is 14.6. The van der Waals surface area contributed by atoms with Crippen LogP contribution in [0.1, 0.15) is 22.1 Å². The first-order chi connectivity index (χ1) is 9.58. The number of thiophene rings is 1. The second-order valence-corrected chi connectivity index (χ2v) is 7.76. The van der Waals surface area contributed by atoms with E-state index >= 15 is 0 Å². The monoisotopic (exact) mass is 428 g/mol. The Hall–Kier alpha value is -0.350. The van der Waals surface area contributed by atoms with Crippen LogP contribution < -0.4 is 0 Å². The van der Waals surface area contributed by atoms with E-state index in [0.717, 1.165) is 14.5 Å². The number of halogens is 3. The van der Waals surface area contributed by atoms with E-state index in [1.807, 2.05) is 6.07 Å². The summed E-state index contributed by atoms with van der Waals surface area (Å²) in [4.78, 5) is 0. The summed E-state index contributed by atoms with van der Waals surface area (Å²) in [7, 11) is 0. The maximum Gasteiger partial charge on any atom is 0.0852 e. The van der Waals surface area contributed by atoms with Gasteiger partial charge in [-0.05, 0) is 68.5 Å². The van der Waals surface area contributed by atoms with Crippen LogP contribution in [0.5, 0.6) is 0 Å². The maximum atomic E-state index is 6.75. The van der Waals surface area contributed by atoms with E-state index in [9.17, 15) is 0 Å². The average molecular weight is 431 g/mol. The van der Waals surface area contributed by atoms with Gasteiger partial charge in [-0.3, -0.25) is 0 Å². The van der Waals surface area contributed by atoms with Crippen molar-refractivity contribution >= 4 is 64.9 Å². The Labute approximate surface area is 144 Å². The molecule has 0 aliphatic carbocycles. The Bertz CT molecular complexity index is 779. The van der Waals surface area contributed by atoms with Crippen LogP contribution in [0.25, 0.3) is 10.1 Å². The molecule has 3 rings (SSSR count). The summed E-state index contributed by atoms with van der Waals surface area (Å²) in [5, 5.41) is 3.26. The van der Waals surface area contributed by atoms with Gasteiger partial charge in [-0.15, -0.1) is 22.9 Å². The highest BCUT2D eigenvalue weighted by Gasteiger charge is 2.18. The molecule has 2 aromatic carbocycles. The smallest absolute Gasteiger partial charge is 0.0852 e. The SMILES string of the molecule is Cc1ccc(Br)cc1C(Cl)c1csc2c(Br)cccc12. The van der Waals surface area contributed by atoms with E-state index < -0.39 is 0 Å². The van der Waals surface area contributed by atoms with E-state index in [1.165, 1.54) is 21.2 Å². The molecular weight excluding hydrogens is 420 g/mol. The maximum absolute atomic E-state index is 6.75. The van der Waals surface area contributed by atoms with Crippen molar-refractivity contribution in [3.63, 3.8) is 0 Å². The Morgan fingerprint density at radius 3 is 2.70 bits per heavy atom. The molecule has 0 N–H and O–H groups in total. The molecule has 0 aliphatic rings. The molecule has 0 aliphatic heterocycles. The molecule has 0 bridgehead atoms. The fourth-order valence-electron chi connectivity index (χ4n) is 2.29. The number of rotatable bonds is 2. The Morgan fingerprint density at radius 2 is 1.90 bits per heavy atom. The second-order valence-electron chi connectivity index (χ2n) is 4.67. The van der Waals surface area contributed by atoms with Crippen LogP contribution in [0.4, 0.5) is 0 Å². The third-order valence-electron chi connectivity index (χ3n) is 3.37. The zero-order chi connectivity index (χ0) is 14.3. The minimum absolute atomic E-state index is 0.129. The Balaban J connectivity index is 2.15. The summed E-state index contributed by atoms with van der Waals surface area (Å²) in [6, 6.07) is 12.5. The second kappa shape index (κ2) is 5.80. The molecular formula is C16H11Br2ClS. The van der Waals surface area contributed by atoms with Gasteiger partial charge in [0.05, 0.1) is 5.38 Å². The number of fused-ring (bicyclic) bond motifs is 1. The molecule has 1 heterocycles. The quantitative estimate of drug-likeness (QED) is 0.382. The molecule has 0 radical (unpaired) electrons. The molecule has 1 unspecified atom stereocenters. The molecule has 3 aromatic rings. The minimum Gasteiger partial charge on any atom is -0.142 e. The van der Waals surface area contributed by atoms with Gasteiger partial charge < -0.3 is 0 Å². The van der Waals surface area contributed by atoms with E-state index in [1.54, 1.807) is 11.3 Å². The predicted molar refractivity (Wildman–Crippen MR) is 96.1 cm³/mol.